The molecular weight excluding hydrogens is 471 g/mol. The molecule has 0 N–H and O–H groups in total. The van der Waals surface area contributed by atoms with Gasteiger partial charge in [-0.3, -0.25) is 0 Å². The molecule has 0 radical (unpaired) electrons. The molecule has 0 spiro atoms. The third-order valence-corrected chi connectivity index (χ3v) is 15.2. The van der Waals surface area contributed by atoms with Crippen LogP contribution in [-0.2, 0) is 9.47 Å². The van der Waals surface area contributed by atoms with E-state index in [-0.39, 0.29) is 41.8 Å². The summed E-state index contributed by atoms with van der Waals surface area (Å²) in [4.78, 5) is 0. The molecule has 0 aromatic heterocycles. The average molecular weight is 488 g/mol. The summed E-state index contributed by atoms with van der Waals surface area (Å²) in [6, 6.07) is 0. The van der Waals surface area contributed by atoms with Crippen LogP contribution in [0.15, 0.2) is 0 Å². The summed E-state index contributed by atoms with van der Waals surface area (Å²) < 4.78 is 16.2. The third kappa shape index (κ3) is 4.71. The Hall–Kier alpha value is 2.20. The van der Waals surface area contributed by atoms with Gasteiger partial charge in [0.25, 0.3) is 0 Å². The molecule has 3 saturated heterocycles. The van der Waals surface area contributed by atoms with Gasteiger partial charge in [0, 0.05) is 0 Å². The van der Waals surface area contributed by atoms with Crippen molar-refractivity contribution in [3.05, 3.63) is 0 Å². The standard InChI is InChI=1S/C10H16O2S2Te2/c1(7-3-13-7)11-9-5-16-10(6-15-9)12-2-8-4-14-8/h7-10H,1-6H2. The predicted molar refractivity (Wildman–Crippen MR) is 73.1 cm³/mol. The first-order valence-electron chi connectivity index (χ1n) is 5.60. The summed E-state index contributed by atoms with van der Waals surface area (Å²) in [5.74, 6) is 2.68. The quantitative estimate of drug-likeness (QED) is 0.414. The Morgan fingerprint density at radius 3 is 1.62 bits per heavy atom. The van der Waals surface area contributed by atoms with E-state index in [0.717, 1.165) is 23.7 Å². The van der Waals surface area contributed by atoms with Gasteiger partial charge in [0.15, 0.2) is 0 Å². The van der Waals surface area contributed by atoms with Crippen LogP contribution in [0.4, 0.5) is 0 Å². The van der Waals surface area contributed by atoms with Crippen LogP contribution >= 0.6 is 23.5 Å². The van der Waals surface area contributed by atoms with Crippen LogP contribution < -0.4 is 0 Å². The van der Waals surface area contributed by atoms with Crippen LogP contribution in [0.25, 0.3) is 0 Å². The van der Waals surface area contributed by atoms with E-state index in [1.165, 1.54) is 20.4 Å². The molecule has 2 nitrogen and oxygen atoms in total. The molecule has 0 amide bonds. The molecular formula is C10H16O2S2Te2. The Bertz CT molecular complexity index is 205. The maximum atomic E-state index is 6.00. The average Bonchev–Trinajstić information content (AvgIpc) is 3.17. The molecule has 3 heterocycles. The topological polar surface area (TPSA) is 18.5 Å². The van der Waals surface area contributed by atoms with E-state index in [4.69, 9.17) is 9.47 Å². The normalized spacial score (nSPS) is 42.0. The van der Waals surface area contributed by atoms with E-state index in [1.807, 2.05) is 23.5 Å². The van der Waals surface area contributed by atoms with E-state index in [1.54, 1.807) is 0 Å². The van der Waals surface area contributed by atoms with Gasteiger partial charge >= 0.3 is 127 Å². The molecule has 0 aromatic rings. The SMILES string of the molecule is C(OC1C[Te]C(OCC2CS2)C[Te]1)C1CS1. The van der Waals surface area contributed by atoms with Gasteiger partial charge < -0.3 is 0 Å². The van der Waals surface area contributed by atoms with Gasteiger partial charge in [-0.2, -0.15) is 0 Å². The van der Waals surface area contributed by atoms with Crippen LogP contribution in [0.5, 0.6) is 0 Å². The molecule has 0 aromatic carbocycles. The molecule has 4 atom stereocenters. The number of hydrogen-bond acceptors (Lipinski definition) is 4. The Labute approximate surface area is 126 Å². The van der Waals surface area contributed by atoms with Gasteiger partial charge in [0.2, 0.25) is 0 Å². The first-order valence-corrected chi connectivity index (χ1v) is 13.7. The predicted octanol–water partition coefficient (Wildman–Crippen LogP) is 1.16. The van der Waals surface area contributed by atoms with E-state index in [2.05, 4.69) is 0 Å². The van der Waals surface area contributed by atoms with Gasteiger partial charge in [0.1, 0.15) is 0 Å². The van der Waals surface area contributed by atoms with Crippen molar-refractivity contribution in [1.29, 1.82) is 0 Å². The van der Waals surface area contributed by atoms with Crippen LogP contribution in [0.3, 0.4) is 0 Å². The van der Waals surface area contributed by atoms with Crippen LogP contribution in [-0.4, -0.2) is 85.4 Å². The van der Waals surface area contributed by atoms with Crippen molar-refractivity contribution in [3.63, 3.8) is 0 Å². The molecule has 3 aliphatic heterocycles. The van der Waals surface area contributed by atoms with Crippen LogP contribution in [0, 0.1) is 0 Å². The van der Waals surface area contributed by atoms with Crippen molar-refractivity contribution in [2.45, 2.75) is 27.7 Å². The van der Waals surface area contributed by atoms with Crippen LogP contribution in [0.2, 0.25) is 8.94 Å². The van der Waals surface area contributed by atoms with Gasteiger partial charge in [-0.15, -0.1) is 0 Å². The van der Waals surface area contributed by atoms with Crippen molar-refractivity contribution < 1.29 is 9.47 Å². The van der Waals surface area contributed by atoms with E-state index >= 15 is 0 Å². The third-order valence-electron chi connectivity index (χ3n) is 2.58. The second-order valence-corrected chi connectivity index (χ2v) is 13.6. The van der Waals surface area contributed by atoms with Crippen molar-refractivity contribution in [2.75, 3.05) is 24.7 Å². The van der Waals surface area contributed by atoms with Crippen molar-refractivity contribution in [1.82, 2.24) is 0 Å². The number of hydrogen-bond donors (Lipinski definition) is 0. The molecule has 16 heavy (non-hydrogen) atoms. The molecule has 92 valence electrons. The number of thioether (sulfide) groups is 2. The Morgan fingerprint density at radius 2 is 1.31 bits per heavy atom. The van der Waals surface area contributed by atoms with Gasteiger partial charge in [0.05, 0.1) is 0 Å². The molecule has 0 bridgehead atoms. The molecule has 3 rings (SSSR count). The Balaban J connectivity index is 1.28. The summed E-state index contributed by atoms with van der Waals surface area (Å²) in [7, 11) is 0. The van der Waals surface area contributed by atoms with Gasteiger partial charge in [-0.25, -0.2) is 0 Å². The minimum absolute atomic E-state index is 0.0837. The molecule has 0 saturated carbocycles. The van der Waals surface area contributed by atoms with Crippen molar-refractivity contribution >= 4 is 65.4 Å². The van der Waals surface area contributed by atoms with Gasteiger partial charge in [-0.1, -0.05) is 0 Å². The zero-order valence-electron chi connectivity index (χ0n) is 9.00. The fourth-order valence-electron chi connectivity index (χ4n) is 1.42. The zero-order valence-corrected chi connectivity index (χ0v) is 15.3. The Kier molecular flexibility index (Phi) is 5.42. The van der Waals surface area contributed by atoms with Crippen molar-refractivity contribution in [2.24, 2.45) is 0 Å². The second-order valence-electron chi connectivity index (χ2n) is 4.10. The van der Waals surface area contributed by atoms with Crippen molar-refractivity contribution in [3.8, 4) is 0 Å². The number of ether oxygens (including phenoxy) is 2. The van der Waals surface area contributed by atoms with Crippen LogP contribution in [0.1, 0.15) is 0 Å². The monoisotopic (exact) mass is 492 g/mol. The van der Waals surface area contributed by atoms with Gasteiger partial charge in [-0.05, 0) is 0 Å². The first kappa shape index (κ1) is 13.2. The minimum atomic E-state index is 0.0837. The fourth-order valence-corrected chi connectivity index (χ4v) is 13.1. The molecule has 6 heteroatoms. The fraction of sp³-hybridized carbons (Fsp3) is 1.00. The summed E-state index contributed by atoms with van der Waals surface area (Å²) in [6.45, 7) is 2.08. The number of rotatable bonds is 6. The zero-order chi connectivity index (χ0) is 10.8. The summed E-state index contributed by atoms with van der Waals surface area (Å²) in [5, 5.41) is 1.71. The Morgan fingerprint density at radius 1 is 0.875 bits per heavy atom. The summed E-state index contributed by atoms with van der Waals surface area (Å²) in [6.07, 6.45) is 0. The first-order chi connectivity index (χ1) is 7.90. The molecule has 4 unspecified atom stereocenters. The molecule has 3 aliphatic rings. The van der Waals surface area contributed by atoms with E-state index < -0.39 is 0 Å². The maximum absolute atomic E-state index is 6.00. The van der Waals surface area contributed by atoms with E-state index in [0.29, 0.717) is 8.30 Å². The molecule has 3 fully saturated rings. The van der Waals surface area contributed by atoms with E-state index in [9.17, 15) is 0 Å². The summed E-state index contributed by atoms with van der Waals surface area (Å²) >= 11 is 4.26. The second kappa shape index (κ2) is 6.58. The summed E-state index contributed by atoms with van der Waals surface area (Å²) in [5.41, 5.74) is 0. The molecule has 0 aliphatic carbocycles.